The first-order valence-electron chi connectivity index (χ1n) is 22.0. The molecular formula is C46H75O13P. The quantitative estimate of drug-likeness (QED) is 0.0174. The maximum atomic E-state index is 12.7. The molecule has 342 valence electrons. The van der Waals surface area contributed by atoms with E-state index in [1.165, 1.54) is 0 Å². The van der Waals surface area contributed by atoms with E-state index in [4.69, 9.17) is 19.1 Å². The van der Waals surface area contributed by atoms with Gasteiger partial charge in [0.2, 0.25) is 0 Å². The van der Waals surface area contributed by atoms with Gasteiger partial charge in [0.15, 0.2) is 6.10 Å². The zero-order valence-corrected chi connectivity index (χ0v) is 37.0. The zero-order chi connectivity index (χ0) is 44.3. The number of hydrogen-bond acceptors (Lipinski definition) is 12. The fourth-order valence-electron chi connectivity index (χ4n) is 6.26. The van der Waals surface area contributed by atoms with Crippen LogP contribution in [-0.2, 0) is 37.5 Å². The van der Waals surface area contributed by atoms with Gasteiger partial charge in [-0.1, -0.05) is 119 Å². The number of Topliss-reactive ketones (excluding diaryl/α,β-unsaturated/α-hetero) is 1. The molecule has 1 fully saturated rings. The summed E-state index contributed by atoms with van der Waals surface area (Å²) in [6.45, 7) is 1.80. The number of ether oxygens (including phenoxy) is 2. The highest BCUT2D eigenvalue weighted by Gasteiger charge is 2.39. The third-order valence-corrected chi connectivity index (χ3v) is 10.7. The molecule has 0 aliphatic heterocycles. The number of phosphoric acid groups is 1. The van der Waals surface area contributed by atoms with E-state index in [9.17, 15) is 39.2 Å². The number of ketones is 1. The Morgan fingerprint density at radius 2 is 1.38 bits per heavy atom. The van der Waals surface area contributed by atoms with Crippen molar-refractivity contribution in [2.75, 3.05) is 26.4 Å². The SMILES string of the molecule is CC/C=C\C/C=C\C/C=C\C/C=C\CCCCCCC(=O)OC[C@H](COP(=O)(O)OC[C@@H](O)CO)OC(=O)CCC/C=C\C[C@H]1[C@@H](O)CC(=O)[C@@H]1/C=C/[C@@H](O)CCCCC. The van der Waals surface area contributed by atoms with Crippen LogP contribution < -0.4 is 0 Å². The first kappa shape index (κ1) is 55.0. The summed E-state index contributed by atoms with van der Waals surface area (Å²) in [6, 6.07) is 0. The van der Waals surface area contributed by atoms with Gasteiger partial charge >= 0.3 is 19.8 Å². The summed E-state index contributed by atoms with van der Waals surface area (Å²) < 4.78 is 32.6. The molecule has 0 aromatic carbocycles. The smallest absolute Gasteiger partial charge is 0.462 e. The van der Waals surface area contributed by atoms with E-state index < -0.39 is 76.5 Å². The lowest BCUT2D eigenvalue weighted by Crippen LogP contribution is -2.29. The van der Waals surface area contributed by atoms with Gasteiger partial charge in [-0.15, -0.1) is 0 Å². The maximum absolute atomic E-state index is 12.7. The number of aliphatic hydroxyl groups is 4. The van der Waals surface area contributed by atoms with Crippen LogP contribution in [0.5, 0.6) is 0 Å². The van der Waals surface area contributed by atoms with Gasteiger partial charge in [0.1, 0.15) is 18.5 Å². The minimum Gasteiger partial charge on any atom is -0.462 e. The maximum Gasteiger partial charge on any atom is 0.472 e. The van der Waals surface area contributed by atoms with Gasteiger partial charge < -0.3 is 34.8 Å². The zero-order valence-electron chi connectivity index (χ0n) is 36.1. The van der Waals surface area contributed by atoms with Gasteiger partial charge in [0.25, 0.3) is 0 Å². The second-order valence-corrected chi connectivity index (χ2v) is 16.6. The van der Waals surface area contributed by atoms with Crippen LogP contribution in [-0.4, -0.2) is 93.9 Å². The van der Waals surface area contributed by atoms with Crippen molar-refractivity contribution >= 4 is 25.5 Å². The summed E-state index contributed by atoms with van der Waals surface area (Å²) in [5.74, 6) is -1.99. The Kier molecular flexibility index (Phi) is 32.6. The summed E-state index contributed by atoms with van der Waals surface area (Å²) >= 11 is 0. The summed E-state index contributed by atoms with van der Waals surface area (Å²) in [6.07, 6.45) is 33.8. The summed E-state index contributed by atoms with van der Waals surface area (Å²) in [5, 5.41) is 39.1. The molecule has 14 heteroatoms. The first-order chi connectivity index (χ1) is 28.9. The topological polar surface area (TPSA) is 206 Å². The summed E-state index contributed by atoms with van der Waals surface area (Å²) in [5.41, 5.74) is 0. The molecule has 0 aromatic heterocycles. The van der Waals surface area contributed by atoms with E-state index in [2.05, 4.69) is 67.0 Å². The molecule has 1 rings (SSSR count). The monoisotopic (exact) mass is 866 g/mol. The minimum atomic E-state index is -4.70. The standard InChI is InChI=1S/C46H75O13P/c1-3-5-7-8-9-10-11-12-13-14-15-16-17-18-19-20-25-29-45(52)56-36-40(37-58-60(54,55)57-35-39(49)34-47)59-46(53)30-26-22-21-24-28-41-42(44(51)33-43(41)50)32-31-38(48)27-23-6-4-2/h5,7,9-10,12-13,15-16,21,24,31-32,38-43,47-50H,3-4,6,8,11,14,17-20,22-23,25-30,33-37H2,1-2H3,(H,54,55)/b7-5-,10-9-,13-12-,16-15-,24-21-,32-31+/t38-,39-,40+,41+,42+,43-/m0/s1. The van der Waals surface area contributed by atoms with E-state index in [0.29, 0.717) is 32.1 Å². The summed E-state index contributed by atoms with van der Waals surface area (Å²) in [7, 11) is -4.70. The van der Waals surface area contributed by atoms with Gasteiger partial charge in [0, 0.05) is 31.1 Å². The molecule has 1 aliphatic carbocycles. The van der Waals surface area contributed by atoms with Crippen molar-refractivity contribution in [2.45, 2.75) is 160 Å². The molecule has 1 saturated carbocycles. The molecule has 60 heavy (non-hydrogen) atoms. The van der Waals surface area contributed by atoms with Gasteiger partial charge in [-0.3, -0.25) is 23.4 Å². The predicted octanol–water partition coefficient (Wildman–Crippen LogP) is 8.25. The summed E-state index contributed by atoms with van der Waals surface area (Å²) in [4.78, 5) is 47.7. The lowest BCUT2D eigenvalue weighted by atomic mass is 9.90. The number of carbonyl (C=O) groups is 3. The van der Waals surface area contributed by atoms with Crippen LogP contribution in [0.25, 0.3) is 0 Å². The molecule has 0 amide bonds. The Labute approximate surface area is 358 Å². The Hall–Kier alpha value is -3.00. The number of hydrogen-bond donors (Lipinski definition) is 5. The molecule has 5 N–H and O–H groups in total. The average Bonchev–Trinajstić information content (AvgIpc) is 3.49. The number of rotatable bonds is 36. The molecule has 13 nitrogen and oxygen atoms in total. The molecule has 7 atom stereocenters. The number of carbonyl (C=O) groups excluding carboxylic acids is 3. The Balaban J connectivity index is 2.50. The number of aliphatic hydroxyl groups excluding tert-OH is 4. The molecular weight excluding hydrogens is 791 g/mol. The van der Waals surface area contributed by atoms with E-state index in [1.54, 1.807) is 12.2 Å². The minimum absolute atomic E-state index is 0.0164. The normalized spacial score (nSPS) is 20.1. The fraction of sp³-hybridized carbons (Fsp3) is 0.674. The van der Waals surface area contributed by atoms with Crippen LogP contribution in [0, 0.1) is 11.8 Å². The van der Waals surface area contributed by atoms with Gasteiger partial charge in [-0.05, 0) is 70.6 Å². The number of esters is 2. The van der Waals surface area contributed by atoms with Gasteiger partial charge in [0.05, 0.1) is 32.0 Å². The lowest BCUT2D eigenvalue weighted by Gasteiger charge is -2.20. The van der Waals surface area contributed by atoms with Crippen LogP contribution >= 0.6 is 7.82 Å². The molecule has 0 saturated heterocycles. The van der Waals surface area contributed by atoms with Crippen molar-refractivity contribution in [3.05, 3.63) is 72.9 Å². The lowest BCUT2D eigenvalue weighted by molar-refractivity contribution is -0.161. The molecule has 0 aromatic rings. The number of unbranched alkanes of at least 4 members (excludes halogenated alkanes) is 7. The highest BCUT2D eigenvalue weighted by Crippen LogP contribution is 2.43. The van der Waals surface area contributed by atoms with Crippen molar-refractivity contribution in [3.8, 4) is 0 Å². The second kappa shape index (κ2) is 35.6. The van der Waals surface area contributed by atoms with E-state index >= 15 is 0 Å². The van der Waals surface area contributed by atoms with Crippen molar-refractivity contribution in [3.63, 3.8) is 0 Å². The van der Waals surface area contributed by atoms with Crippen LogP contribution in [0.1, 0.15) is 136 Å². The van der Waals surface area contributed by atoms with Crippen molar-refractivity contribution < 1.29 is 62.8 Å². The Bertz CT molecular complexity index is 1390. The van der Waals surface area contributed by atoms with Gasteiger partial charge in [-0.25, -0.2) is 4.57 Å². The van der Waals surface area contributed by atoms with Crippen molar-refractivity contribution in [2.24, 2.45) is 11.8 Å². The second-order valence-electron chi connectivity index (χ2n) is 15.1. The highest BCUT2D eigenvalue weighted by molar-refractivity contribution is 7.47. The first-order valence-corrected chi connectivity index (χ1v) is 23.5. The Morgan fingerprint density at radius 1 is 0.767 bits per heavy atom. The molecule has 1 unspecified atom stereocenters. The van der Waals surface area contributed by atoms with E-state index in [0.717, 1.165) is 70.6 Å². The predicted molar refractivity (Wildman–Crippen MR) is 234 cm³/mol. The molecule has 0 spiro atoms. The van der Waals surface area contributed by atoms with Crippen molar-refractivity contribution in [1.82, 2.24) is 0 Å². The third-order valence-electron chi connectivity index (χ3n) is 9.72. The average molecular weight is 867 g/mol. The number of allylic oxidation sites excluding steroid dienone is 11. The third kappa shape index (κ3) is 29.3. The largest absolute Gasteiger partial charge is 0.472 e. The van der Waals surface area contributed by atoms with Crippen LogP contribution in [0.2, 0.25) is 0 Å². The van der Waals surface area contributed by atoms with Crippen LogP contribution in [0.3, 0.4) is 0 Å². The van der Waals surface area contributed by atoms with E-state index in [-0.39, 0.29) is 31.0 Å². The van der Waals surface area contributed by atoms with Crippen LogP contribution in [0.4, 0.5) is 0 Å². The highest BCUT2D eigenvalue weighted by atomic mass is 31.2. The Morgan fingerprint density at radius 3 is 2.07 bits per heavy atom. The molecule has 0 bridgehead atoms. The number of phosphoric ester groups is 1. The van der Waals surface area contributed by atoms with Gasteiger partial charge in [-0.2, -0.15) is 0 Å². The van der Waals surface area contributed by atoms with Crippen molar-refractivity contribution in [1.29, 1.82) is 0 Å². The molecule has 0 heterocycles. The van der Waals surface area contributed by atoms with E-state index in [1.807, 2.05) is 12.2 Å². The molecule has 0 radical (unpaired) electrons. The van der Waals surface area contributed by atoms with Crippen LogP contribution in [0.15, 0.2) is 72.9 Å². The fourth-order valence-corrected chi connectivity index (χ4v) is 7.05. The molecule has 1 aliphatic rings.